The van der Waals surface area contributed by atoms with Gasteiger partial charge in [-0.2, -0.15) is 0 Å². The van der Waals surface area contributed by atoms with Crippen molar-refractivity contribution in [2.24, 2.45) is 0 Å². The van der Waals surface area contributed by atoms with E-state index in [0.717, 1.165) is 18.4 Å². The van der Waals surface area contributed by atoms with Gasteiger partial charge in [-0.05, 0) is 62.6 Å². The third-order valence-corrected chi connectivity index (χ3v) is 6.52. The van der Waals surface area contributed by atoms with E-state index in [1.807, 2.05) is 13.0 Å². The number of sulfonamides is 1. The molecule has 5 nitrogen and oxygen atoms in total. The zero-order chi connectivity index (χ0) is 22.4. The summed E-state index contributed by atoms with van der Waals surface area (Å²) in [5, 5.41) is 3.04. The average Bonchev–Trinajstić information content (AvgIpc) is 2.71. The highest BCUT2D eigenvalue weighted by Crippen LogP contribution is 2.23. The van der Waals surface area contributed by atoms with Crippen LogP contribution in [0.15, 0.2) is 71.6 Å². The summed E-state index contributed by atoms with van der Waals surface area (Å²) in [5.41, 5.74) is 4.01. The lowest BCUT2D eigenvalue weighted by atomic mass is 10.1. The molecule has 0 aromatic heterocycles. The van der Waals surface area contributed by atoms with Crippen LogP contribution < -0.4 is 10.0 Å². The largest absolute Gasteiger partial charge is 0.352 e. The second-order valence-electron chi connectivity index (χ2n) is 7.46. The minimum Gasteiger partial charge on any atom is -0.352 e. The molecule has 0 spiro atoms. The van der Waals surface area contributed by atoms with Crippen molar-refractivity contribution >= 4 is 33.2 Å². The zero-order valence-corrected chi connectivity index (χ0v) is 19.1. The van der Waals surface area contributed by atoms with Crippen molar-refractivity contribution in [1.82, 2.24) is 5.32 Å². The van der Waals surface area contributed by atoms with E-state index < -0.39 is 10.0 Å². The van der Waals surface area contributed by atoms with Gasteiger partial charge < -0.3 is 5.32 Å². The molecule has 2 N–H and O–H groups in total. The van der Waals surface area contributed by atoms with Crippen molar-refractivity contribution in [3.05, 3.63) is 94.0 Å². The molecule has 0 saturated carbocycles. The number of anilines is 1. The van der Waals surface area contributed by atoms with Gasteiger partial charge >= 0.3 is 0 Å². The minimum absolute atomic E-state index is 0.157. The molecule has 3 rings (SSSR count). The Balaban J connectivity index is 1.58. The highest BCUT2D eigenvalue weighted by Gasteiger charge is 2.16. The number of amides is 1. The van der Waals surface area contributed by atoms with E-state index in [4.69, 9.17) is 11.6 Å². The molecule has 0 aliphatic carbocycles. The first-order valence-electron chi connectivity index (χ1n) is 9.97. The van der Waals surface area contributed by atoms with Gasteiger partial charge in [0, 0.05) is 6.54 Å². The molecule has 0 saturated heterocycles. The van der Waals surface area contributed by atoms with Gasteiger partial charge in [-0.25, -0.2) is 8.42 Å². The van der Waals surface area contributed by atoms with Gasteiger partial charge in [-0.3, -0.25) is 9.52 Å². The number of carbonyl (C=O) groups is 1. The predicted octanol–water partition coefficient (Wildman–Crippen LogP) is 5.12. The molecule has 0 bridgehead atoms. The van der Waals surface area contributed by atoms with E-state index in [1.54, 1.807) is 12.1 Å². The summed E-state index contributed by atoms with van der Waals surface area (Å²) in [4.78, 5) is 12.6. The molecular weight excluding hydrogens is 432 g/mol. The van der Waals surface area contributed by atoms with Crippen molar-refractivity contribution in [3.63, 3.8) is 0 Å². The molecule has 0 fully saturated rings. The Morgan fingerprint density at radius 1 is 0.935 bits per heavy atom. The highest BCUT2D eigenvalue weighted by molar-refractivity contribution is 7.92. The maximum atomic E-state index is 12.5. The summed E-state index contributed by atoms with van der Waals surface area (Å²) < 4.78 is 27.5. The quantitative estimate of drug-likeness (QED) is 0.462. The standard InChI is InChI=1S/C24H25ClN2O3S/c1-17-8-11-21(12-9-17)31(29,30)27-20-10-13-22(23(25)16-20)24(28)26-14-4-7-19-6-3-5-18(2)15-19/h3,5-6,8-13,15-16,27H,4,7,14H2,1-2H3,(H,26,28). The lowest BCUT2D eigenvalue weighted by molar-refractivity contribution is 0.0953. The molecule has 0 aliphatic rings. The van der Waals surface area contributed by atoms with Crippen LogP contribution in [0.2, 0.25) is 5.02 Å². The van der Waals surface area contributed by atoms with Crippen LogP contribution in [0.3, 0.4) is 0 Å². The van der Waals surface area contributed by atoms with Gasteiger partial charge in [0.2, 0.25) is 0 Å². The smallest absolute Gasteiger partial charge is 0.261 e. The number of aryl methyl sites for hydroxylation is 3. The van der Waals surface area contributed by atoms with Crippen LogP contribution in [-0.4, -0.2) is 20.9 Å². The lowest BCUT2D eigenvalue weighted by Gasteiger charge is -2.11. The minimum atomic E-state index is -3.74. The van der Waals surface area contributed by atoms with Crippen LogP contribution in [0.4, 0.5) is 5.69 Å². The van der Waals surface area contributed by atoms with E-state index in [2.05, 4.69) is 35.2 Å². The molecule has 0 atom stereocenters. The van der Waals surface area contributed by atoms with E-state index in [1.165, 1.54) is 41.5 Å². The number of hydrogen-bond acceptors (Lipinski definition) is 3. The SMILES string of the molecule is Cc1ccc(S(=O)(=O)Nc2ccc(C(=O)NCCCc3cccc(C)c3)c(Cl)c2)cc1. The Hall–Kier alpha value is -2.83. The Morgan fingerprint density at radius 2 is 1.68 bits per heavy atom. The highest BCUT2D eigenvalue weighted by atomic mass is 35.5. The van der Waals surface area contributed by atoms with Crippen molar-refractivity contribution < 1.29 is 13.2 Å². The number of halogens is 1. The number of nitrogens with one attached hydrogen (secondary N) is 2. The Morgan fingerprint density at radius 3 is 2.35 bits per heavy atom. The summed E-state index contributed by atoms with van der Waals surface area (Å²) in [5.74, 6) is -0.290. The Kier molecular flexibility index (Phi) is 7.36. The van der Waals surface area contributed by atoms with Gasteiger partial charge in [-0.1, -0.05) is 59.1 Å². The molecule has 162 valence electrons. The fourth-order valence-electron chi connectivity index (χ4n) is 3.15. The van der Waals surface area contributed by atoms with E-state index in [0.29, 0.717) is 17.8 Å². The first-order valence-corrected chi connectivity index (χ1v) is 11.8. The summed E-state index contributed by atoms with van der Waals surface area (Å²) in [6, 6.07) is 19.3. The first kappa shape index (κ1) is 22.8. The van der Waals surface area contributed by atoms with E-state index in [9.17, 15) is 13.2 Å². The number of rotatable bonds is 8. The van der Waals surface area contributed by atoms with Crippen LogP contribution in [-0.2, 0) is 16.4 Å². The Bertz CT molecular complexity index is 1180. The molecule has 0 heterocycles. The fraction of sp³-hybridized carbons (Fsp3) is 0.208. The van der Waals surface area contributed by atoms with Crippen LogP contribution in [0.5, 0.6) is 0 Å². The molecule has 0 radical (unpaired) electrons. The summed E-state index contributed by atoms with van der Waals surface area (Å²) in [6.07, 6.45) is 1.68. The average molecular weight is 457 g/mol. The monoisotopic (exact) mass is 456 g/mol. The number of benzene rings is 3. The molecule has 7 heteroatoms. The predicted molar refractivity (Wildman–Crippen MR) is 125 cm³/mol. The molecule has 31 heavy (non-hydrogen) atoms. The maximum absolute atomic E-state index is 12.5. The van der Waals surface area contributed by atoms with Crippen molar-refractivity contribution in [2.75, 3.05) is 11.3 Å². The third kappa shape index (κ3) is 6.32. The Labute approximate surface area is 188 Å². The van der Waals surface area contributed by atoms with Gasteiger partial charge in [0.1, 0.15) is 0 Å². The zero-order valence-electron chi connectivity index (χ0n) is 17.5. The van der Waals surface area contributed by atoms with Crippen LogP contribution in [0.25, 0.3) is 0 Å². The van der Waals surface area contributed by atoms with Crippen LogP contribution >= 0.6 is 11.6 Å². The fourth-order valence-corrected chi connectivity index (χ4v) is 4.47. The summed E-state index contributed by atoms with van der Waals surface area (Å²) in [6.45, 7) is 4.46. The van der Waals surface area contributed by atoms with Crippen molar-refractivity contribution in [2.45, 2.75) is 31.6 Å². The second kappa shape index (κ2) is 9.98. The first-order chi connectivity index (χ1) is 14.7. The molecule has 3 aromatic carbocycles. The molecule has 0 unspecified atom stereocenters. The van der Waals surface area contributed by atoms with E-state index >= 15 is 0 Å². The number of hydrogen-bond donors (Lipinski definition) is 2. The van der Waals surface area contributed by atoms with Gasteiger partial charge in [-0.15, -0.1) is 0 Å². The molecule has 1 amide bonds. The van der Waals surface area contributed by atoms with Crippen LogP contribution in [0, 0.1) is 13.8 Å². The second-order valence-corrected chi connectivity index (χ2v) is 9.55. The van der Waals surface area contributed by atoms with Crippen LogP contribution in [0.1, 0.15) is 33.5 Å². The number of carbonyl (C=O) groups excluding carboxylic acids is 1. The van der Waals surface area contributed by atoms with E-state index in [-0.39, 0.29) is 15.8 Å². The molecule has 0 aliphatic heterocycles. The van der Waals surface area contributed by atoms with Gasteiger partial charge in [0.05, 0.1) is 21.2 Å². The van der Waals surface area contributed by atoms with Gasteiger partial charge in [0.25, 0.3) is 15.9 Å². The third-order valence-electron chi connectivity index (χ3n) is 4.81. The van der Waals surface area contributed by atoms with Gasteiger partial charge in [0.15, 0.2) is 0 Å². The normalized spacial score (nSPS) is 11.2. The summed E-state index contributed by atoms with van der Waals surface area (Å²) >= 11 is 6.25. The van der Waals surface area contributed by atoms with Crippen molar-refractivity contribution in [3.8, 4) is 0 Å². The lowest BCUT2D eigenvalue weighted by Crippen LogP contribution is -2.25. The molecular formula is C24H25ClN2O3S. The topological polar surface area (TPSA) is 75.3 Å². The molecule has 3 aromatic rings. The maximum Gasteiger partial charge on any atom is 0.261 e. The summed E-state index contributed by atoms with van der Waals surface area (Å²) in [7, 11) is -3.74. The van der Waals surface area contributed by atoms with Crippen molar-refractivity contribution in [1.29, 1.82) is 0 Å².